The number of hydrogen-bond acceptors (Lipinski definition) is 3. The van der Waals surface area contributed by atoms with Gasteiger partial charge in [-0.2, -0.15) is 0 Å². The molecule has 0 aliphatic heterocycles. The van der Waals surface area contributed by atoms with Crippen LogP contribution in [0.2, 0.25) is 0 Å². The lowest BCUT2D eigenvalue weighted by atomic mass is 10.0. The van der Waals surface area contributed by atoms with Gasteiger partial charge < -0.3 is 15.3 Å². The largest absolute Gasteiger partial charge is 0.481 e. The molecular weight excluding hydrogens is 320 g/mol. The Balaban J connectivity index is 0. The van der Waals surface area contributed by atoms with E-state index in [-0.39, 0.29) is 12.3 Å². The van der Waals surface area contributed by atoms with Crippen molar-refractivity contribution in [1.29, 1.82) is 0 Å². The molecule has 0 aromatic rings. The average Bonchev–Trinajstić information content (AvgIpc) is 2.51. The van der Waals surface area contributed by atoms with Gasteiger partial charge in [0.2, 0.25) is 0 Å². The quantitative estimate of drug-likeness (QED) is 0.374. The Bertz CT molecular complexity index is 328. The van der Waals surface area contributed by atoms with Gasteiger partial charge in [0.05, 0.1) is 18.4 Å². The molecule has 25 heavy (non-hydrogen) atoms. The van der Waals surface area contributed by atoms with Crippen molar-refractivity contribution in [2.75, 3.05) is 0 Å². The molecule has 0 heterocycles. The Labute approximate surface area is 153 Å². The maximum atomic E-state index is 10.4. The highest BCUT2D eigenvalue weighted by atomic mass is 16.4. The Hall–Kier alpha value is -1.10. The van der Waals surface area contributed by atoms with E-state index in [0.29, 0.717) is 12.3 Å². The van der Waals surface area contributed by atoms with E-state index >= 15 is 0 Å². The average molecular weight is 361 g/mol. The predicted octanol–water partition coefficient (Wildman–Crippen LogP) is 5.11. The van der Waals surface area contributed by atoms with E-state index in [1.165, 1.54) is 25.7 Å². The standard InChI is InChI=1S/C10H20O3.C10H20O2/c1-8(2)5-3-4-6-9(11)7-10(12)13;1-3-4-5-6-7-8-9(2)10(11)12/h8-9,11H,3-7H2,1-2H3,(H,12,13);9H,3-8H2,1-2H3,(H,11,12). The fraction of sp³-hybridized carbons (Fsp3) is 0.900. The fourth-order valence-corrected chi connectivity index (χ4v) is 2.41. The Morgan fingerprint density at radius 2 is 1.32 bits per heavy atom. The summed E-state index contributed by atoms with van der Waals surface area (Å²) in [6.07, 6.45) is 9.84. The zero-order valence-corrected chi connectivity index (χ0v) is 16.7. The minimum Gasteiger partial charge on any atom is -0.481 e. The first-order chi connectivity index (χ1) is 11.7. The smallest absolute Gasteiger partial charge is 0.306 e. The SMILES string of the molecule is CC(C)CCCCC(O)CC(=O)O.CCCCCCCC(C)C(=O)O. The van der Waals surface area contributed by atoms with Crippen LogP contribution in [0, 0.1) is 11.8 Å². The Kier molecular flexibility index (Phi) is 18.5. The van der Waals surface area contributed by atoms with Gasteiger partial charge in [-0.1, -0.05) is 79.1 Å². The molecule has 0 saturated heterocycles. The lowest BCUT2D eigenvalue weighted by Gasteiger charge is -2.08. The Morgan fingerprint density at radius 1 is 0.800 bits per heavy atom. The van der Waals surface area contributed by atoms with Gasteiger partial charge in [-0.15, -0.1) is 0 Å². The summed E-state index contributed by atoms with van der Waals surface area (Å²) >= 11 is 0. The second kappa shape index (κ2) is 17.7. The number of rotatable bonds is 14. The van der Waals surface area contributed by atoms with Crippen LogP contribution < -0.4 is 0 Å². The molecule has 2 unspecified atom stereocenters. The second-order valence-corrected chi connectivity index (χ2v) is 7.37. The van der Waals surface area contributed by atoms with E-state index in [0.717, 1.165) is 32.1 Å². The summed E-state index contributed by atoms with van der Waals surface area (Å²) in [6, 6.07) is 0. The molecule has 0 aliphatic carbocycles. The first-order valence-corrected chi connectivity index (χ1v) is 9.83. The lowest BCUT2D eigenvalue weighted by Crippen LogP contribution is -2.12. The van der Waals surface area contributed by atoms with Gasteiger partial charge in [-0.25, -0.2) is 0 Å². The summed E-state index contributed by atoms with van der Waals surface area (Å²) in [6.45, 7) is 8.28. The highest BCUT2D eigenvalue weighted by Crippen LogP contribution is 2.11. The number of carboxylic acid groups (broad SMARTS) is 2. The summed E-state index contributed by atoms with van der Waals surface area (Å²) in [5.41, 5.74) is 0. The summed E-state index contributed by atoms with van der Waals surface area (Å²) < 4.78 is 0. The Morgan fingerprint density at radius 3 is 1.80 bits per heavy atom. The fourth-order valence-electron chi connectivity index (χ4n) is 2.41. The van der Waals surface area contributed by atoms with Crippen LogP contribution in [0.1, 0.15) is 98.3 Å². The van der Waals surface area contributed by atoms with Crippen molar-refractivity contribution in [2.24, 2.45) is 11.8 Å². The minimum atomic E-state index is -0.920. The molecule has 0 amide bonds. The van der Waals surface area contributed by atoms with E-state index < -0.39 is 18.0 Å². The van der Waals surface area contributed by atoms with Crippen LogP contribution in [-0.2, 0) is 9.59 Å². The third kappa shape index (κ3) is 22.9. The van der Waals surface area contributed by atoms with Crippen molar-refractivity contribution < 1.29 is 24.9 Å². The van der Waals surface area contributed by atoms with Crippen molar-refractivity contribution >= 4 is 11.9 Å². The number of hydrogen-bond donors (Lipinski definition) is 3. The number of aliphatic hydroxyl groups excluding tert-OH is 1. The van der Waals surface area contributed by atoms with Crippen LogP contribution in [0.3, 0.4) is 0 Å². The summed E-state index contributed by atoms with van der Waals surface area (Å²) in [5, 5.41) is 26.2. The van der Waals surface area contributed by atoms with E-state index in [2.05, 4.69) is 20.8 Å². The number of unbranched alkanes of at least 4 members (excludes halogenated alkanes) is 5. The van der Waals surface area contributed by atoms with Crippen LogP contribution >= 0.6 is 0 Å². The van der Waals surface area contributed by atoms with Gasteiger partial charge in [0.1, 0.15) is 0 Å². The molecule has 0 bridgehead atoms. The zero-order valence-electron chi connectivity index (χ0n) is 16.7. The second-order valence-electron chi connectivity index (χ2n) is 7.37. The van der Waals surface area contributed by atoms with Crippen molar-refractivity contribution in [2.45, 2.75) is 104 Å². The van der Waals surface area contributed by atoms with E-state index in [9.17, 15) is 14.7 Å². The minimum absolute atomic E-state index is 0.123. The summed E-state index contributed by atoms with van der Waals surface area (Å²) in [5.74, 6) is -1.05. The van der Waals surface area contributed by atoms with E-state index in [1.807, 2.05) is 0 Å². The van der Waals surface area contributed by atoms with Crippen molar-refractivity contribution in [3.63, 3.8) is 0 Å². The third-order valence-electron chi connectivity index (χ3n) is 4.14. The van der Waals surface area contributed by atoms with Gasteiger partial charge in [0.25, 0.3) is 0 Å². The third-order valence-corrected chi connectivity index (χ3v) is 4.14. The molecular formula is C20H40O5. The van der Waals surface area contributed by atoms with Crippen molar-refractivity contribution in [3.05, 3.63) is 0 Å². The molecule has 0 aromatic carbocycles. The topological polar surface area (TPSA) is 94.8 Å². The van der Waals surface area contributed by atoms with Crippen LogP contribution in [0.25, 0.3) is 0 Å². The zero-order chi connectivity index (χ0) is 19.7. The van der Waals surface area contributed by atoms with Crippen molar-refractivity contribution in [1.82, 2.24) is 0 Å². The van der Waals surface area contributed by atoms with Crippen LogP contribution in [0.4, 0.5) is 0 Å². The molecule has 3 N–H and O–H groups in total. The number of carboxylic acids is 2. The van der Waals surface area contributed by atoms with Crippen LogP contribution in [0.5, 0.6) is 0 Å². The molecule has 5 nitrogen and oxygen atoms in total. The monoisotopic (exact) mass is 360 g/mol. The van der Waals surface area contributed by atoms with Gasteiger partial charge in [0, 0.05) is 0 Å². The molecule has 0 radical (unpaired) electrons. The van der Waals surface area contributed by atoms with Gasteiger partial charge in [-0.3, -0.25) is 9.59 Å². The van der Waals surface area contributed by atoms with Gasteiger partial charge in [0.15, 0.2) is 0 Å². The molecule has 150 valence electrons. The molecule has 0 aliphatic rings. The van der Waals surface area contributed by atoms with E-state index in [4.69, 9.17) is 10.2 Å². The number of carbonyl (C=O) groups is 2. The molecule has 0 aromatic heterocycles. The lowest BCUT2D eigenvalue weighted by molar-refractivity contribution is -0.141. The molecule has 0 rings (SSSR count). The first-order valence-electron chi connectivity index (χ1n) is 9.83. The highest BCUT2D eigenvalue weighted by Gasteiger charge is 2.09. The van der Waals surface area contributed by atoms with Crippen LogP contribution in [-0.4, -0.2) is 33.4 Å². The number of aliphatic carboxylic acids is 2. The molecule has 0 saturated carbocycles. The van der Waals surface area contributed by atoms with E-state index in [1.54, 1.807) is 6.92 Å². The van der Waals surface area contributed by atoms with Gasteiger partial charge >= 0.3 is 11.9 Å². The predicted molar refractivity (Wildman–Crippen MR) is 102 cm³/mol. The highest BCUT2D eigenvalue weighted by molar-refractivity contribution is 5.69. The number of aliphatic hydroxyl groups is 1. The summed E-state index contributed by atoms with van der Waals surface area (Å²) in [4.78, 5) is 20.6. The normalized spacial score (nSPS) is 13.0. The van der Waals surface area contributed by atoms with Crippen molar-refractivity contribution in [3.8, 4) is 0 Å². The first kappa shape index (κ1) is 26.1. The molecule has 0 spiro atoms. The van der Waals surface area contributed by atoms with Gasteiger partial charge in [-0.05, 0) is 18.8 Å². The summed E-state index contributed by atoms with van der Waals surface area (Å²) in [7, 11) is 0. The maximum absolute atomic E-state index is 10.4. The molecule has 2 atom stereocenters. The molecule has 0 fully saturated rings. The maximum Gasteiger partial charge on any atom is 0.306 e. The van der Waals surface area contributed by atoms with Crippen LogP contribution in [0.15, 0.2) is 0 Å². The molecule has 5 heteroatoms.